The average molecular weight is 2350 g/mol. The highest BCUT2D eigenvalue weighted by atomic mass is 128. The fourth-order valence-electron chi connectivity index (χ4n) is 18.4. The number of methoxy groups -OCH3 is 4. The molecule has 0 unspecified atom stereocenters. The van der Waals surface area contributed by atoms with Crippen molar-refractivity contribution in [2.24, 2.45) is 45.3 Å². The summed E-state index contributed by atoms with van der Waals surface area (Å²) >= 11 is 14.4. The topological polar surface area (TPSA) is 162 Å². The van der Waals surface area contributed by atoms with E-state index >= 15 is 0 Å². The summed E-state index contributed by atoms with van der Waals surface area (Å²) in [6.45, 7) is 21.9. The summed E-state index contributed by atoms with van der Waals surface area (Å²) < 4.78 is 66.8. The van der Waals surface area contributed by atoms with Crippen LogP contribution in [-0.4, -0.2) is 68.2 Å². The highest BCUT2D eigenvalue weighted by Crippen LogP contribution is 2.63. The van der Waals surface area contributed by atoms with Gasteiger partial charge in [0.25, 0.3) is 0 Å². The molecule has 15 rings (SSSR count). The largest absolute Gasteiger partial charge is 0.497 e. The fraction of sp³-hybridized carbons (Fsp3) is 0.383. The molecule has 0 heterocycles. The first-order valence-electron chi connectivity index (χ1n) is 42.9. The minimum Gasteiger partial charge on any atom is -0.497 e. The van der Waals surface area contributed by atoms with Gasteiger partial charge in [0.2, 0.25) is 0 Å². The predicted octanol–water partition coefficient (Wildman–Crippen LogP) is 29.3. The second-order valence-corrected chi connectivity index (χ2v) is 39.4. The zero-order valence-electron chi connectivity index (χ0n) is 74.6. The highest BCUT2D eigenvalue weighted by Gasteiger charge is 2.59. The Balaban J connectivity index is 0.000000198. The number of fused-ring (bicyclic) bond motifs is 2. The van der Waals surface area contributed by atoms with Crippen molar-refractivity contribution in [1.29, 1.82) is 0 Å². The molecule has 11 aromatic rings. The van der Waals surface area contributed by atoms with Crippen molar-refractivity contribution < 1.29 is 67.4 Å². The molecule has 4 aliphatic rings. The normalized spacial score (nSPS) is 20.6. The van der Waals surface area contributed by atoms with Crippen LogP contribution in [0.2, 0.25) is 0 Å². The lowest BCUT2D eigenvalue weighted by atomic mass is 9.46. The molecule has 8 atom stereocenters. The first-order chi connectivity index (χ1) is 60.5. The summed E-state index contributed by atoms with van der Waals surface area (Å²) in [5, 5.41) is 31.9. The van der Waals surface area contributed by atoms with Crippen LogP contribution in [0.1, 0.15) is 160 Å². The predicted molar refractivity (Wildman–Crippen MR) is 561 cm³/mol. The van der Waals surface area contributed by atoms with Crippen molar-refractivity contribution in [2.45, 2.75) is 178 Å². The van der Waals surface area contributed by atoms with E-state index in [0.717, 1.165) is 133 Å². The van der Waals surface area contributed by atoms with Crippen molar-refractivity contribution in [3.05, 3.63) is 322 Å². The van der Waals surface area contributed by atoms with Gasteiger partial charge in [0.1, 0.15) is 103 Å². The molecule has 0 amide bonds. The Morgan fingerprint density at radius 3 is 0.787 bits per heavy atom. The molecule has 0 radical (unpaired) electrons. The van der Waals surface area contributed by atoms with Gasteiger partial charge in [0.15, 0.2) is 0 Å². The van der Waals surface area contributed by atoms with Gasteiger partial charge in [-0.2, -0.15) is 0 Å². The molecule has 4 aliphatic carbocycles. The smallest absolute Gasteiger partial charge is 0.127 e. The molecule has 0 aromatic heterocycles. The third kappa shape index (κ3) is 33.2. The lowest BCUT2D eigenvalue weighted by Gasteiger charge is -2.60. The Morgan fingerprint density at radius 2 is 0.528 bits per heavy atom. The maximum Gasteiger partial charge on any atom is 0.127 e. The van der Waals surface area contributed by atoms with Gasteiger partial charge in [-0.15, -0.1) is 0 Å². The van der Waals surface area contributed by atoms with Crippen molar-refractivity contribution in [3.63, 3.8) is 0 Å². The van der Waals surface area contributed by atoms with E-state index in [1.807, 2.05) is 214 Å². The zero-order valence-corrected chi connectivity index (χ0v) is 87.0. The number of halogens is 6. The number of aliphatic hydroxyl groups excluding tert-OH is 1. The van der Waals surface area contributed by atoms with Crippen LogP contribution in [0, 0.1) is 56.0 Å². The Bertz CT molecular complexity index is 4590. The lowest BCUT2D eigenvalue weighted by molar-refractivity contribution is -0.178. The summed E-state index contributed by atoms with van der Waals surface area (Å²) in [5.74, 6) is 9.95. The summed E-state index contributed by atoms with van der Waals surface area (Å²) in [5.41, 5.74) is 6.16. The molecule has 0 bridgehead atoms. The number of ether oxygens (including phenoxy) is 11. The molecule has 0 spiro atoms. The minimum absolute atomic E-state index is 0. The third-order valence-corrected chi connectivity index (χ3v) is 27.1. The summed E-state index contributed by atoms with van der Waals surface area (Å²) in [7, 11) is 6.54. The lowest BCUT2D eigenvalue weighted by Crippen LogP contribution is -2.59. The first-order valence-corrected chi connectivity index (χ1v) is 53.2. The molecular weight excluding hydrogens is 2220 g/mol. The quantitative estimate of drug-likeness (QED) is 0.0439. The molecule has 682 valence electrons. The molecule has 3 N–H and O–H groups in total. The highest BCUT2D eigenvalue weighted by molar-refractivity contribution is 15.0. The van der Waals surface area contributed by atoms with Gasteiger partial charge in [-0.3, -0.25) is 0 Å². The van der Waals surface area contributed by atoms with Crippen molar-refractivity contribution in [2.75, 3.05) is 41.7 Å². The van der Waals surface area contributed by atoms with E-state index in [1.54, 1.807) is 28.4 Å². The van der Waals surface area contributed by atoms with Gasteiger partial charge in [0.05, 0.1) is 46.2 Å². The number of aliphatic hydroxyl groups is 3. The second-order valence-electron chi connectivity index (χ2n) is 34.8. The number of hydrogen-bond donors (Lipinski definition) is 3. The Kier molecular flexibility index (Phi) is 43.6. The molecule has 14 nitrogen and oxygen atoms in total. The van der Waals surface area contributed by atoms with E-state index in [9.17, 15) is 15.3 Å². The summed E-state index contributed by atoms with van der Waals surface area (Å²) in [6.07, 6.45) is 11.1. The van der Waals surface area contributed by atoms with Crippen molar-refractivity contribution in [3.8, 4) is 63.2 Å². The van der Waals surface area contributed by atoms with E-state index in [1.165, 1.54) is 25.7 Å². The standard InChI is InChI=1S/C35H44O4.2C20H17IO2.C15H28O2.C8H9BrO2.C8H9IO2.CH4.I2/c1-33(2)17-11-18-34(3)31(33)16-19-35(4,36)32(34)25-39-30-21-28(37-23-26-12-7-5-8-13-26)20-29(22-30)38-24-27-14-9-6-10-15-27;2*21-18-11-19(22-14-16-7-3-1-4-8-16)13-20(12-18)23-15-17-9-5-2-6-10-17;1-13(2)7-5-8-14(3)11(13)6-9-15(4,17)12(14)10-16;2*1-10-7-3-6(9)4-8(5-7)11-2;;1-2/h5-10,12-15,20-22,31-32,36H,11,16-19,23-25H2,1-4H3;2*1-13H,14-15H2;11-12,16-17H,5-10H2,1-4H3;2*3-5H,1-2H3;1H4;/t31-,32+,34-,35+;;;11-,12+,14-,15+;;;;/m0..0..../s1. The van der Waals surface area contributed by atoms with Gasteiger partial charge in [-0.05, 0) is 248 Å². The van der Waals surface area contributed by atoms with E-state index in [2.05, 4.69) is 235 Å². The molecule has 4 saturated carbocycles. The molecule has 0 saturated heterocycles. The van der Waals surface area contributed by atoms with E-state index in [-0.39, 0.29) is 42.1 Å². The molecular formula is C107H128BrI5O14. The van der Waals surface area contributed by atoms with E-state index in [0.29, 0.717) is 80.7 Å². The van der Waals surface area contributed by atoms with Crippen molar-refractivity contribution in [1.82, 2.24) is 0 Å². The molecule has 20 heteroatoms. The maximum atomic E-state index is 11.6. The van der Waals surface area contributed by atoms with Gasteiger partial charge in [-0.25, -0.2) is 0 Å². The van der Waals surface area contributed by atoms with Gasteiger partial charge < -0.3 is 67.4 Å². The Labute approximate surface area is 829 Å². The van der Waals surface area contributed by atoms with E-state index in [4.69, 9.17) is 52.1 Å². The number of benzene rings is 11. The van der Waals surface area contributed by atoms with Crippen LogP contribution >= 0.6 is 121 Å². The van der Waals surface area contributed by atoms with Crippen LogP contribution in [0.25, 0.3) is 0 Å². The number of rotatable bonds is 26. The van der Waals surface area contributed by atoms with Gasteiger partial charge in [-0.1, -0.05) is 260 Å². The van der Waals surface area contributed by atoms with Gasteiger partial charge in [0, 0.05) is 113 Å². The van der Waals surface area contributed by atoms with Crippen LogP contribution < -0.4 is 52.1 Å². The molecule has 11 aromatic carbocycles. The molecule has 0 aliphatic heterocycles. The van der Waals surface area contributed by atoms with Crippen LogP contribution in [0.15, 0.2) is 277 Å². The third-order valence-electron chi connectivity index (χ3n) is 24.8. The monoisotopic (exact) mass is 2350 g/mol. The average Bonchev–Trinajstić information content (AvgIpc) is 0.732. The number of hydrogen-bond acceptors (Lipinski definition) is 14. The first kappa shape index (κ1) is 106. The van der Waals surface area contributed by atoms with Crippen molar-refractivity contribution >= 4 is 121 Å². The van der Waals surface area contributed by atoms with Gasteiger partial charge >= 0.3 is 0 Å². The van der Waals surface area contributed by atoms with Crippen LogP contribution in [0.3, 0.4) is 0 Å². The molecule has 4 fully saturated rings. The second kappa shape index (κ2) is 52.5. The molecule has 127 heavy (non-hydrogen) atoms. The minimum atomic E-state index is -0.757. The summed E-state index contributed by atoms with van der Waals surface area (Å²) in [6, 6.07) is 90.0. The summed E-state index contributed by atoms with van der Waals surface area (Å²) in [4.78, 5) is 0. The van der Waals surface area contributed by atoms with Crippen LogP contribution in [-0.2, 0) is 39.6 Å². The fourth-order valence-corrected chi connectivity index (χ4v) is 20.7. The van der Waals surface area contributed by atoms with Crippen LogP contribution in [0.5, 0.6) is 63.2 Å². The Morgan fingerprint density at radius 1 is 0.307 bits per heavy atom. The Hall–Kier alpha value is -6.77. The maximum absolute atomic E-state index is 11.6. The SMILES string of the molecule is C.CC1(C)CCC[C@]2(C)[C@@H](CO)[C@](C)(O)CC[C@@H]12.CC1(C)CCC[C@]2(C)[C@@H](COc3cc(OCc4ccccc4)cc(OCc4ccccc4)c3)[C@](C)(O)CC[C@@H]12.COc1cc(Br)cc(OC)c1.COc1cc(I)cc(OC)c1.II.Ic1cc(OCc2ccccc2)cc(OCc2ccccc2)c1.Ic1cc(OCc2ccccc2)cc(OCc2ccccc2)c1. The zero-order chi connectivity index (χ0) is 90.8. The van der Waals surface area contributed by atoms with E-state index < -0.39 is 11.2 Å². The van der Waals surface area contributed by atoms with Crippen LogP contribution in [0.4, 0.5) is 0 Å².